The molecular weight excluding hydrogens is 340 g/mol. The van der Waals surface area contributed by atoms with Gasteiger partial charge in [0.05, 0.1) is 18.0 Å². The monoisotopic (exact) mass is 366 g/mol. The van der Waals surface area contributed by atoms with Crippen LogP contribution in [0.1, 0.15) is 29.6 Å². The summed E-state index contributed by atoms with van der Waals surface area (Å²) in [5.41, 5.74) is 0.854. The van der Waals surface area contributed by atoms with E-state index in [4.69, 9.17) is 4.74 Å². The molecular formula is C21H26N4O2. The maximum Gasteiger partial charge on any atom is 0.255 e. The van der Waals surface area contributed by atoms with Crippen molar-refractivity contribution in [1.82, 2.24) is 20.0 Å². The van der Waals surface area contributed by atoms with Crippen molar-refractivity contribution in [3.8, 4) is 5.75 Å². The van der Waals surface area contributed by atoms with Gasteiger partial charge in [-0.3, -0.25) is 9.69 Å². The Labute approximate surface area is 160 Å². The van der Waals surface area contributed by atoms with Gasteiger partial charge < -0.3 is 9.64 Å². The first-order chi connectivity index (χ1) is 13.2. The lowest BCUT2D eigenvalue weighted by Crippen LogP contribution is -2.46. The maximum absolute atomic E-state index is 12.7. The fourth-order valence-corrected chi connectivity index (χ4v) is 4.35. The molecule has 1 atom stereocenters. The van der Waals surface area contributed by atoms with Crippen molar-refractivity contribution < 1.29 is 9.53 Å². The number of benzene rings is 1. The van der Waals surface area contributed by atoms with Crippen LogP contribution in [-0.2, 0) is 0 Å². The van der Waals surface area contributed by atoms with Crippen LogP contribution in [0.15, 0.2) is 48.8 Å². The van der Waals surface area contributed by atoms with E-state index in [9.17, 15) is 4.79 Å². The lowest BCUT2D eigenvalue weighted by atomic mass is 9.79. The Hall–Kier alpha value is -2.47. The van der Waals surface area contributed by atoms with Gasteiger partial charge in [-0.25, -0.2) is 0 Å². The van der Waals surface area contributed by atoms with Crippen LogP contribution in [0.25, 0.3) is 0 Å². The molecule has 1 aromatic carbocycles. The third kappa shape index (κ3) is 4.27. The number of hydrogen-bond donors (Lipinski definition) is 0. The summed E-state index contributed by atoms with van der Waals surface area (Å²) in [6.07, 6.45) is 6.59. The molecule has 0 unspecified atom stereocenters. The zero-order valence-corrected chi connectivity index (χ0v) is 15.6. The van der Waals surface area contributed by atoms with E-state index in [2.05, 4.69) is 15.1 Å². The topological polar surface area (TPSA) is 58.6 Å². The predicted octanol–water partition coefficient (Wildman–Crippen LogP) is 2.48. The molecule has 1 amide bonds. The molecule has 1 spiro atoms. The Balaban J connectivity index is 1.30. The molecule has 0 bridgehead atoms. The molecule has 4 rings (SSSR count). The van der Waals surface area contributed by atoms with Crippen molar-refractivity contribution in [3.63, 3.8) is 0 Å². The average molecular weight is 366 g/mol. The van der Waals surface area contributed by atoms with Gasteiger partial charge in [0.1, 0.15) is 12.4 Å². The minimum atomic E-state index is 0.0753. The second kappa shape index (κ2) is 8.05. The van der Waals surface area contributed by atoms with Crippen LogP contribution in [0, 0.1) is 5.41 Å². The fraction of sp³-hybridized carbons (Fsp3) is 0.476. The number of ether oxygens (including phenoxy) is 1. The normalized spacial score (nSPS) is 22.9. The Morgan fingerprint density at radius 2 is 1.96 bits per heavy atom. The summed E-state index contributed by atoms with van der Waals surface area (Å²) in [5, 5.41) is 7.59. The molecule has 2 aliphatic rings. The summed E-state index contributed by atoms with van der Waals surface area (Å²) < 4.78 is 5.86. The first kappa shape index (κ1) is 17.9. The SMILES string of the molecule is O=C(c1ccnnc1)N1CC[C@]2(CCCN(CCOc3ccccc3)C2)C1. The van der Waals surface area contributed by atoms with Gasteiger partial charge in [-0.15, -0.1) is 0 Å². The highest BCUT2D eigenvalue weighted by Gasteiger charge is 2.42. The zero-order valence-electron chi connectivity index (χ0n) is 15.6. The van der Waals surface area contributed by atoms with E-state index >= 15 is 0 Å². The molecule has 0 radical (unpaired) electrons. The average Bonchev–Trinajstić information content (AvgIpc) is 3.12. The van der Waals surface area contributed by atoms with Gasteiger partial charge in [-0.1, -0.05) is 18.2 Å². The molecule has 1 aromatic heterocycles. The Morgan fingerprint density at radius 1 is 1.07 bits per heavy atom. The van der Waals surface area contributed by atoms with E-state index in [1.807, 2.05) is 35.2 Å². The summed E-state index contributed by atoms with van der Waals surface area (Å²) in [5.74, 6) is 0.999. The summed E-state index contributed by atoms with van der Waals surface area (Å²) in [4.78, 5) is 17.2. The quantitative estimate of drug-likeness (QED) is 0.814. The van der Waals surface area contributed by atoms with Gasteiger partial charge >= 0.3 is 0 Å². The third-order valence-corrected chi connectivity index (χ3v) is 5.72. The Morgan fingerprint density at radius 3 is 2.78 bits per heavy atom. The number of amides is 1. The summed E-state index contributed by atoms with van der Waals surface area (Å²) in [6.45, 7) is 5.45. The van der Waals surface area contributed by atoms with Crippen molar-refractivity contribution in [3.05, 3.63) is 54.4 Å². The van der Waals surface area contributed by atoms with Crippen LogP contribution >= 0.6 is 0 Å². The Kier molecular flexibility index (Phi) is 5.34. The molecule has 0 N–H and O–H groups in total. The number of aromatic nitrogens is 2. The van der Waals surface area contributed by atoms with Crippen LogP contribution in [0.3, 0.4) is 0 Å². The van der Waals surface area contributed by atoms with E-state index in [1.165, 1.54) is 12.8 Å². The van der Waals surface area contributed by atoms with E-state index in [0.717, 1.165) is 44.9 Å². The van der Waals surface area contributed by atoms with Gasteiger partial charge in [0.15, 0.2) is 0 Å². The smallest absolute Gasteiger partial charge is 0.255 e. The highest BCUT2D eigenvalue weighted by molar-refractivity contribution is 5.94. The molecule has 6 heteroatoms. The van der Waals surface area contributed by atoms with Gasteiger partial charge in [-0.2, -0.15) is 10.2 Å². The lowest BCUT2D eigenvalue weighted by molar-refractivity contribution is 0.0658. The molecule has 3 heterocycles. The zero-order chi connectivity index (χ0) is 18.5. The lowest BCUT2D eigenvalue weighted by Gasteiger charge is -2.40. The van der Waals surface area contributed by atoms with Crippen LogP contribution in [0.4, 0.5) is 0 Å². The first-order valence-corrected chi connectivity index (χ1v) is 9.70. The van der Waals surface area contributed by atoms with E-state index in [0.29, 0.717) is 12.2 Å². The van der Waals surface area contributed by atoms with Crippen molar-refractivity contribution >= 4 is 5.91 Å². The number of rotatable bonds is 5. The number of hydrogen-bond acceptors (Lipinski definition) is 5. The standard InChI is InChI=1S/C21H26N4O2/c26-20(18-7-10-22-23-15-18)25-12-9-21(17-25)8-4-11-24(16-21)13-14-27-19-5-2-1-3-6-19/h1-3,5-7,10,15H,4,8-9,11-14,16-17H2/t21-/m0/s1. The molecule has 2 fully saturated rings. The second-order valence-electron chi connectivity index (χ2n) is 7.65. The largest absolute Gasteiger partial charge is 0.492 e. The van der Waals surface area contributed by atoms with Crippen molar-refractivity contribution in [2.24, 2.45) is 5.41 Å². The molecule has 6 nitrogen and oxygen atoms in total. The highest BCUT2D eigenvalue weighted by Crippen LogP contribution is 2.39. The van der Waals surface area contributed by atoms with Crippen LogP contribution < -0.4 is 4.74 Å². The summed E-state index contributed by atoms with van der Waals surface area (Å²) in [7, 11) is 0. The van der Waals surface area contributed by atoms with E-state index in [-0.39, 0.29) is 11.3 Å². The van der Waals surface area contributed by atoms with Crippen LogP contribution in [-0.4, -0.2) is 65.2 Å². The molecule has 27 heavy (non-hydrogen) atoms. The van der Waals surface area contributed by atoms with Crippen LogP contribution in [0.2, 0.25) is 0 Å². The number of para-hydroxylation sites is 1. The van der Waals surface area contributed by atoms with Gasteiger partial charge in [-0.05, 0) is 44.0 Å². The number of nitrogens with zero attached hydrogens (tertiary/aromatic N) is 4. The van der Waals surface area contributed by atoms with E-state index < -0.39 is 0 Å². The van der Waals surface area contributed by atoms with Crippen molar-refractivity contribution in [2.45, 2.75) is 19.3 Å². The van der Waals surface area contributed by atoms with Gasteiger partial charge in [0.2, 0.25) is 0 Å². The molecule has 142 valence electrons. The summed E-state index contributed by atoms with van der Waals surface area (Å²) >= 11 is 0. The molecule has 0 saturated carbocycles. The minimum Gasteiger partial charge on any atom is -0.492 e. The number of carbonyl (C=O) groups excluding carboxylic acids is 1. The molecule has 0 aliphatic carbocycles. The molecule has 2 aromatic rings. The molecule has 2 saturated heterocycles. The van der Waals surface area contributed by atoms with E-state index in [1.54, 1.807) is 18.5 Å². The van der Waals surface area contributed by atoms with Gasteiger partial charge in [0, 0.05) is 31.6 Å². The predicted molar refractivity (Wildman–Crippen MR) is 103 cm³/mol. The summed E-state index contributed by atoms with van der Waals surface area (Å²) in [6, 6.07) is 11.7. The maximum atomic E-state index is 12.7. The second-order valence-corrected chi connectivity index (χ2v) is 7.65. The first-order valence-electron chi connectivity index (χ1n) is 9.70. The van der Waals surface area contributed by atoms with Crippen molar-refractivity contribution in [2.75, 3.05) is 39.3 Å². The number of carbonyl (C=O) groups is 1. The van der Waals surface area contributed by atoms with Crippen LogP contribution in [0.5, 0.6) is 5.75 Å². The highest BCUT2D eigenvalue weighted by atomic mass is 16.5. The minimum absolute atomic E-state index is 0.0753. The molecule has 2 aliphatic heterocycles. The number of piperidine rings is 1. The van der Waals surface area contributed by atoms with Gasteiger partial charge in [0.25, 0.3) is 5.91 Å². The third-order valence-electron chi connectivity index (χ3n) is 5.72. The number of likely N-dealkylation sites (tertiary alicyclic amines) is 2. The van der Waals surface area contributed by atoms with Crippen molar-refractivity contribution in [1.29, 1.82) is 0 Å². The Bertz CT molecular complexity index is 755. The fourth-order valence-electron chi connectivity index (χ4n) is 4.35.